The number of ether oxygens (including phenoxy) is 2. The van der Waals surface area contributed by atoms with Crippen molar-refractivity contribution in [2.45, 2.75) is 38.5 Å². The summed E-state index contributed by atoms with van der Waals surface area (Å²) in [5, 5.41) is 0. The third kappa shape index (κ3) is 3.57. The molecule has 2 rings (SSSR count). The third-order valence-electron chi connectivity index (χ3n) is 4.68. The summed E-state index contributed by atoms with van der Waals surface area (Å²) in [5.41, 5.74) is 0.0922. The molecule has 0 aromatic heterocycles. The van der Waals surface area contributed by atoms with Crippen LogP contribution < -0.4 is 9.47 Å². The second-order valence-electron chi connectivity index (χ2n) is 7.14. The maximum atomic E-state index is 13.6. The van der Waals surface area contributed by atoms with Gasteiger partial charge in [-0.2, -0.15) is 0 Å². The first-order valence-electron chi connectivity index (χ1n) is 8.55. The predicted molar refractivity (Wildman–Crippen MR) is 106 cm³/mol. The molecule has 3 nitrogen and oxygen atoms in total. The summed E-state index contributed by atoms with van der Waals surface area (Å²) >= 11 is 0. The quantitative estimate of drug-likeness (QED) is 0.585. The lowest BCUT2D eigenvalue weighted by Crippen LogP contribution is -2.43. The largest absolute Gasteiger partial charge is 0.465 e. The highest BCUT2D eigenvalue weighted by Crippen LogP contribution is 2.41. The van der Waals surface area contributed by atoms with Crippen LogP contribution in [0.5, 0.6) is 11.5 Å². The van der Waals surface area contributed by atoms with Crippen LogP contribution in [0, 0.1) is 0 Å². The van der Waals surface area contributed by atoms with Crippen molar-refractivity contribution in [3.05, 3.63) is 85.3 Å². The smallest absolute Gasteiger partial charge is 0.153 e. The van der Waals surface area contributed by atoms with Crippen molar-refractivity contribution in [3.8, 4) is 11.5 Å². The Labute approximate surface area is 156 Å². The fraction of sp³-hybridized carbons (Fsp3) is 0.261. The minimum atomic E-state index is -0.773. The Balaban J connectivity index is 2.52. The Morgan fingerprint density at radius 2 is 1.12 bits per heavy atom. The summed E-state index contributed by atoms with van der Waals surface area (Å²) < 4.78 is 11.1. The minimum Gasteiger partial charge on any atom is -0.465 e. The van der Waals surface area contributed by atoms with Gasteiger partial charge in [0.05, 0.1) is 23.4 Å². The Morgan fingerprint density at radius 1 is 0.769 bits per heavy atom. The monoisotopic (exact) mass is 350 g/mol. The fourth-order valence-corrected chi connectivity index (χ4v) is 3.38. The topological polar surface area (TPSA) is 35.5 Å². The first-order chi connectivity index (χ1) is 12.3. The maximum absolute atomic E-state index is 13.6. The molecule has 26 heavy (non-hydrogen) atoms. The molecule has 0 N–H and O–H groups in total. The van der Waals surface area contributed by atoms with Crippen LogP contribution in [0.25, 0.3) is 0 Å². The van der Waals surface area contributed by atoms with E-state index in [-0.39, 0.29) is 5.78 Å². The number of hydrogen-bond acceptors (Lipinski definition) is 3. The molecule has 0 amide bonds. The Hall–Kier alpha value is -2.81. The van der Waals surface area contributed by atoms with Gasteiger partial charge in [0.25, 0.3) is 0 Å². The molecule has 0 fully saturated rings. The van der Waals surface area contributed by atoms with Crippen molar-refractivity contribution in [3.63, 3.8) is 0 Å². The van der Waals surface area contributed by atoms with Crippen molar-refractivity contribution in [1.29, 1.82) is 0 Å². The van der Waals surface area contributed by atoms with Gasteiger partial charge in [-0.1, -0.05) is 49.6 Å². The van der Waals surface area contributed by atoms with E-state index in [9.17, 15) is 4.79 Å². The Bertz CT molecular complexity index is 748. The van der Waals surface area contributed by atoms with E-state index in [2.05, 4.69) is 13.2 Å². The number of benzene rings is 2. The summed E-state index contributed by atoms with van der Waals surface area (Å²) in [5.74, 6) is 1.32. The van der Waals surface area contributed by atoms with Crippen LogP contribution in [-0.4, -0.2) is 5.78 Å². The molecule has 0 saturated heterocycles. The van der Waals surface area contributed by atoms with E-state index in [1.165, 1.54) is 12.5 Å². The second kappa shape index (κ2) is 7.61. The maximum Gasteiger partial charge on any atom is 0.153 e. The highest BCUT2D eigenvalue weighted by atomic mass is 16.5. The molecule has 0 saturated carbocycles. The number of carbonyl (C=O) groups excluding carboxylic acids is 1. The molecule has 0 bridgehead atoms. The predicted octanol–water partition coefficient (Wildman–Crippen LogP) is 5.56. The SMILES string of the molecule is C=COc1ccccc1C(C)(C)C(=O)C(C)(C)c1ccccc1OC=C. The standard InChI is InChI=1S/C23H26O3/c1-7-25-19-15-11-9-13-17(19)22(3,4)21(24)23(5,6)18-14-10-12-16-20(18)26-8-2/h7-16H,1-2H2,3-6H3. The Morgan fingerprint density at radius 3 is 1.46 bits per heavy atom. The lowest BCUT2D eigenvalue weighted by molar-refractivity contribution is -0.128. The number of carbonyl (C=O) groups is 1. The van der Waals surface area contributed by atoms with Crippen LogP contribution in [0.4, 0.5) is 0 Å². The van der Waals surface area contributed by atoms with Crippen molar-refractivity contribution >= 4 is 5.78 Å². The van der Waals surface area contributed by atoms with Crippen LogP contribution in [0.15, 0.2) is 74.2 Å². The summed E-state index contributed by atoms with van der Waals surface area (Å²) in [7, 11) is 0. The molecule has 0 spiro atoms. The number of hydrogen-bond donors (Lipinski definition) is 0. The number of rotatable bonds is 8. The molecular weight excluding hydrogens is 324 g/mol. The zero-order valence-electron chi connectivity index (χ0n) is 15.9. The molecule has 0 aliphatic carbocycles. The van der Waals surface area contributed by atoms with Gasteiger partial charge in [0, 0.05) is 11.1 Å². The average Bonchev–Trinajstić information content (AvgIpc) is 2.62. The van der Waals surface area contributed by atoms with Crippen LogP contribution >= 0.6 is 0 Å². The normalized spacial score (nSPS) is 11.5. The van der Waals surface area contributed by atoms with Gasteiger partial charge < -0.3 is 9.47 Å². The van der Waals surface area contributed by atoms with Gasteiger partial charge in [-0.3, -0.25) is 4.79 Å². The zero-order chi connectivity index (χ0) is 19.4. The molecule has 136 valence electrons. The summed E-state index contributed by atoms with van der Waals surface area (Å²) in [4.78, 5) is 13.6. The highest BCUT2D eigenvalue weighted by Gasteiger charge is 2.43. The molecule has 0 aliphatic rings. The van der Waals surface area contributed by atoms with Crippen molar-refractivity contribution < 1.29 is 14.3 Å². The van der Waals surface area contributed by atoms with Gasteiger partial charge in [0.15, 0.2) is 5.78 Å². The zero-order valence-corrected chi connectivity index (χ0v) is 15.9. The van der Waals surface area contributed by atoms with Gasteiger partial charge in [-0.15, -0.1) is 0 Å². The average molecular weight is 350 g/mol. The summed E-state index contributed by atoms with van der Waals surface area (Å²) in [6, 6.07) is 15.1. The van der Waals surface area contributed by atoms with Gasteiger partial charge >= 0.3 is 0 Å². The van der Waals surface area contributed by atoms with Gasteiger partial charge in [0.2, 0.25) is 0 Å². The molecule has 0 aliphatic heterocycles. The van der Waals surface area contributed by atoms with Crippen LogP contribution in [0.2, 0.25) is 0 Å². The minimum absolute atomic E-state index is 0.0604. The van der Waals surface area contributed by atoms with Crippen molar-refractivity contribution in [1.82, 2.24) is 0 Å². The van der Waals surface area contributed by atoms with E-state index in [1.54, 1.807) is 0 Å². The van der Waals surface area contributed by atoms with Crippen molar-refractivity contribution in [2.75, 3.05) is 0 Å². The molecule has 2 aromatic carbocycles. The van der Waals surface area contributed by atoms with Crippen molar-refractivity contribution in [2.24, 2.45) is 0 Å². The summed E-state index contributed by atoms with van der Waals surface area (Å²) in [6.45, 7) is 14.9. The Kier molecular flexibility index (Phi) is 5.71. The van der Waals surface area contributed by atoms with Gasteiger partial charge in [-0.25, -0.2) is 0 Å². The number of Topliss-reactive ketones (excluding diaryl/α,β-unsaturated/α-hetero) is 1. The number of ketones is 1. The van der Waals surface area contributed by atoms with E-state index >= 15 is 0 Å². The molecule has 0 unspecified atom stereocenters. The molecule has 0 radical (unpaired) electrons. The lowest BCUT2D eigenvalue weighted by atomic mass is 9.67. The molecular formula is C23H26O3. The first-order valence-corrected chi connectivity index (χ1v) is 8.55. The van der Waals surface area contributed by atoms with Gasteiger partial charge in [0.1, 0.15) is 11.5 Å². The second-order valence-corrected chi connectivity index (χ2v) is 7.14. The molecule has 3 heteroatoms. The van der Waals surface area contributed by atoms with E-state index in [4.69, 9.17) is 9.47 Å². The lowest BCUT2D eigenvalue weighted by Gasteiger charge is -2.35. The summed E-state index contributed by atoms with van der Waals surface area (Å²) in [6.07, 6.45) is 2.75. The van der Waals surface area contributed by atoms with Crippen LogP contribution in [-0.2, 0) is 15.6 Å². The van der Waals surface area contributed by atoms with E-state index in [1.807, 2.05) is 76.2 Å². The molecule has 2 aromatic rings. The molecule has 0 atom stereocenters. The van der Waals surface area contributed by atoms with Crippen LogP contribution in [0.3, 0.4) is 0 Å². The van der Waals surface area contributed by atoms with E-state index < -0.39 is 10.8 Å². The fourth-order valence-electron chi connectivity index (χ4n) is 3.38. The van der Waals surface area contributed by atoms with E-state index in [0.29, 0.717) is 11.5 Å². The van der Waals surface area contributed by atoms with Crippen LogP contribution in [0.1, 0.15) is 38.8 Å². The number of para-hydroxylation sites is 2. The van der Waals surface area contributed by atoms with E-state index in [0.717, 1.165) is 11.1 Å². The first kappa shape index (κ1) is 19.5. The highest BCUT2D eigenvalue weighted by molar-refractivity contribution is 5.98. The van der Waals surface area contributed by atoms with Gasteiger partial charge in [-0.05, 0) is 39.8 Å². The third-order valence-corrected chi connectivity index (χ3v) is 4.68. The molecule has 0 heterocycles.